The van der Waals surface area contributed by atoms with Crippen LogP contribution in [0.3, 0.4) is 0 Å². The lowest BCUT2D eigenvalue weighted by molar-refractivity contribution is -0.144. The number of amides is 4. The van der Waals surface area contributed by atoms with E-state index >= 15 is 4.79 Å². The summed E-state index contributed by atoms with van der Waals surface area (Å²) >= 11 is 0. The first-order valence-corrected chi connectivity index (χ1v) is 18.0. The van der Waals surface area contributed by atoms with E-state index in [2.05, 4.69) is 5.43 Å². The van der Waals surface area contributed by atoms with Crippen molar-refractivity contribution in [1.82, 2.24) is 9.91 Å². The van der Waals surface area contributed by atoms with Gasteiger partial charge in [-0.15, -0.1) is 0 Å². The Bertz CT molecular complexity index is 1910. The van der Waals surface area contributed by atoms with E-state index in [4.69, 9.17) is 9.47 Å². The van der Waals surface area contributed by atoms with E-state index in [1.165, 1.54) is 26.4 Å². The van der Waals surface area contributed by atoms with Gasteiger partial charge in [0.15, 0.2) is 0 Å². The predicted octanol–water partition coefficient (Wildman–Crippen LogP) is 6.04. The SMILES string of the molecule is COc1cc(O)cc(OC)c1C1C2=CCC3C(=O)N(C4CCCCC4)C(=O)C3C2CC2C(=O)N(Nc3ccc(C)cc3)C(=O)C21c1ccccc1. The fourth-order valence-electron chi connectivity index (χ4n) is 9.99. The molecule has 4 fully saturated rings. The molecule has 6 atom stereocenters. The zero-order chi connectivity index (χ0) is 35.6. The number of phenolic OH excluding ortho intramolecular Hbond substituents is 1. The van der Waals surface area contributed by atoms with Crippen molar-refractivity contribution >= 4 is 29.3 Å². The van der Waals surface area contributed by atoms with E-state index in [0.29, 0.717) is 23.2 Å². The quantitative estimate of drug-likeness (QED) is 0.228. The van der Waals surface area contributed by atoms with E-state index in [1.807, 2.05) is 67.6 Å². The average Bonchev–Trinajstić information content (AvgIpc) is 3.53. The number of carbonyl (C=O) groups excluding carboxylic acids is 4. The number of hydrazine groups is 1. The van der Waals surface area contributed by atoms with Gasteiger partial charge in [-0.3, -0.25) is 29.5 Å². The Morgan fingerprint density at radius 2 is 1.49 bits per heavy atom. The van der Waals surface area contributed by atoms with Crippen LogP contribution in [0.1, 0.15) is 67.6 Å². The number of nitrogens with one attached hydrogen (secondary N) is 1. The van der Waals surface area contributed by atoms with Crippen molar-refractivity contribution in [3.63, 3.8) is 0 Å². The molecular weight excluding hydrogens is 646 g/mol. The van der Waals surface area contributed by atoms with Gasteiger partial charge in [0.25, 0.3) is 11.8 Å². The zero-order valence-corrected chi connectivity index (χ0v) is 29.1. The van der Waals surface area contributed by atoms with Crippen molar-refractivity contribution in [3.05, 3.63) is 95.1 Å². The third-order valence-corrected chi connectivity index (χ3v) is 12.2. The van der Waals surface area contributed by atoms with E-state index in [1.54, 1.807) is 4.90 Å². The zero-order valence-electron chi connectivity index (χ0n) is 29.1. The summed E-state index contributed by atoms with van der Waals surface area (Å²) in [5.41, 5.74) is 5.21. The highest BCUT2D eigenvalue weighted by Crippen LogP contribution is 2.66. The Balaban J connectivity index is 1.35. The van der Waals surface area contributed by atoms with Gasteiger partial charge in [-0.2, -0.15) is 5.01 Å². The predicted molar refractivity (Wildman–Crippen MR) is 189 cm³/mol. The summed E-state index contributed by atoms with van der Waals surface area (Å²) in [4.78, 5) is 60.6. The van der Waals surface area contributed by atoms with Crippen molar-refractivity contribution in [2.75, 3.05) is 19.6 Å². The third kappa shape index (κ3) is 4.89. The molecule has 2 aliphatic heterocycles. The van der Waals surface area contributed by atoms with Gasteiger partial charge >= 0.3 is 0 Å². The molecule has 0 bridgehead atoms. The van der Waals surface area contributed by atoms with Gasteiger partial charge in [0.2, 0.25) is 11.8 Å². The first kappa shape index (κ1) is 33.0. The molecule has 51 heavy (non-hydrogen) atoms. The Labute approximate surface area is 297 Å². The lowest BCUT2D eigenvalue weighted by atomic mass is 9.49. The molecule has 3 aliphatic carbocycles. The average molecular weight is 690 g/mol. The number of aromatic hydroxyl groups is 1. The Morgan fingerprint density at radius 3 is 2.14 bits per heavy atom. The Hall–Kier alpha value is -5.12. The molecule has 10 heteroatoms. The second-order valence-corrected chi connectivity index (χ2v) is 14.7. The third-order valence-electron chi connectivity index (χ3n) is 12.2. The van der Waals surface area contributed by atoms with Gasteiger partial charge in [0.1, 0.15) is 17.2 Å². The number of nitrogens with zero attached hydrogens (tertiary/aromatic N) is 2. The molecule has 264 valence electrons. The first-order chi connectivity index (χ1) is 24.7. The molecular formula is C41H43N3O7. The molecule has 4 amide bonds. The second kappa shape index (κ2) is 12.6. The number of likely N-dealkylation sites (tertiary alicyclic amines) is 1. The minimum Gasteiger partial charge on any atom is -0.508 e. The minimum atomic E-state index is -1.49. The summed E-state index contributed by atoms with van der Waals surface area (Å²) in [6, 6.07) is 19.7. The largest absolute Gasteiger partial charge is 0.508 e. The number of hydrogen-bond donors (Lipinski definition) is 2. The summed E-state index contributed by atoms with van der Waals surface area (Å²) < 4.78 is 11.9. The van der Waals surface area contributed by atoms with Crippen LogP contribution in [0.4, 0.5) is 5.69 Å². The lowest BCUT2D eigenvalue weighted by Crippen LogP contribution is -2.53. The highest BCUT2D eigenvalue weighted by molar-refractivity contribution is 6.13. The molecule has 0 aromatic heterocycles. The molecule has 2 saturated heterocycles. The van der Waals surface area contributed by atoms with Crippen LogP contribution in [0.25, 0.3) is 0 Å². The molecule has 10 nitrogen and oxygen atoms in total. The van der Waals surface area contributed by atoms with Crippen molar-refractivity contribution in [2.24, 2.45) is 23.7 Å². The van der Waals surface area contributed by atoms with E-state index < -0.39 is 46.8 Å². The van der Waals surface area contributed by atoms with Gasteiger partial charge in [0.05, 0.1) is 43.1 Å². The monoisotopic (exact) mass is 689 g/mol. The van der Waals surface area contributed by atoms with Crippen LogP contribution >= 0.6 is 0 Å². The first-order valence-electron chi connectivity index (χ1n) is 18.0. The fourth-order valence-corrected chi connectivity index (χ4v) is 9.99. The maximum atomic E-state index is 15.4. The van der Waals surface area contributed by atoms with Gasteiger partial charge < -0.3 is 14.6 Å². The summed E-state index contributed by atoms with van der Waals surface area (Å²) in [6.07, 6.45) is 7.24. The van der Waals surface area contributed by atoms with Crippen LogP contribution in [0.5, 0.6) is 17.2 Å². The van der Waals surface area contributed by atoms with Gasteiger partial charge in [0, 0.05) is 29.7 Å². The summed E-state index contributed by atoms with van der Waals surface area (Å²) in [6.45, 7) is 1.96. The number of ether oxygens (including phenoxy) is 2. The number of imide groups is 2. The molecule has 6 unspecified atom stereocenters. The van der Waals surface area contributed by atoms with Crippen LogP contribution < -0.4 is 14.9 Å². The lowest BCUT2D eigenvalue weighted by Gasteiger charge is -2.51. The molecule has 3 aromatic rings. The van der Waals surface area contributed by atoms with E-state index in [0.717, 1.165) is 48.2 Å². The fraction of sp³-hybridized carbons (Fsp3) is 0.415. The smallest absolute Gasteiger partial charge is 0.260 e. The van der Waals surface area contributed by atoms with Crippen LogP contribution in [0, 0.1) is 30.6 Å². The number of phenols is 1. The molecule has 8 rings (SSSR count). The van der Waals surface area contributed by atoms with Gasteiger partial charge in [-0.05, 0) is 56.2 Å². The highest BCUT2D eigenvalue weighted by atomic mass is 16.5. The number of methoxy groups -OCH3 is 2. The number of rotatable bonds is 7. The maximum absolute atomic E-state index is 15.4. The Morgan fingerprint density at radius 1 is 0.824 bits per heavy atom. The standard InChI is InChI=1S/C41H43N3O7/c1-23-14-16-25(17-15-23)42-44-38(47)31-22-30-28(18-19-29-34(30)39(48)43(37(29)46)26-12-8-5-9-13-26)36(35-32(50-2)20-27(45)21-33(35)51-3)41(31,40(44)49)24-10-6-4-7-11-24/h4,6-7,10-11,14-18,20-21,26,29-31,34,36,42,45H,5,8-9,12-13,19,22H2,1-3H3. The highest BCUT2D eigenvalue weighted by Gasteiger charge is 2.71. The Kier molecular flexibility index (Phi) is 8.15. The molecule has 5 aliphatic rings. The molecule has 2 N–H and O–H groups in total. The molecule has 0 radical (unpaired) electrons. The summed E-state index contributed by atoms with van der Waals surface area (Å²) in [7, 11) is 2.98. The minimum absolute atomic E-state index is 0.0843. The second-order valence-electron chi connectivity index (χ2n) is 14.7. The van der Waals surface area contributed by atoms with Gasteiger partial charge in [-0.25, -0.2) is 0 Å². The molecule has 2 heterocycles. The number of benzene rings is 3. The summed E-state index contributed by atoms with van der Waals surface area (Å²) in [5.74, 6) is -4.10. The van der Waals surface area contributed by atoms with Crippen LogP contribution in [0.2, 0.25) is 0 Å². The van der Waals surface area contributed by atoms with Gasteiger partial charge in [-0.1, -0.05) is 78.9 Å². The number of fused-ring (bicyclic) bond motifs is 4. The molecule has 2 saturated carbocycles. The number of carbonyl (C=O) groups is 4. The number of anilines is 1. The van der Waals surface area contributed by atoms with Crippen molar-refractivity contribution in [1.29, 1.82) is 0 Å². The van der Waals surface area contributed by atoms with Crippen molar-refractivity contribution < 1.29 is 33.8 Å². The normalized spacial score (nSPS) is 29.0. The van der Waals surface area contributed by atoms with Crippen molar-refractivity contribution in [2.45, 2.75) is 69.2 Å². The number of aryl methyl sites for hydroxylation is 1. The summed E-state index contributed by atoms with van der Waals surface area (Å²) in [5, 5.41) is 11.9. The maximum Gasteiger partial charge on any atom is 0.260 e. The van der Waals surface area contributed by atoms with E-state index in [-0.39, 0.29) is 41.5 Å². The molecule has 3 aromatic carbocycles. The molecule has 0 spiro atoms. The van der Waals surface area contributed by atoms with Crippen LogP contribution in [-0.2, 0) is 24.6 Å². The van der Waals surface area contributed by atoms with E-state index in [9.17, 15) is 19.5 Å². The number of allylic oxidation sites excluding steroid dienone is 2. The van der Waals surface area contributed by atoms with Crippen LogP contribution in [0.15, 0.2) is 78.4 Å². The number of hydrogen-bond acceptors (Lipinski definition) is 8. The van der Waals surface area contributed by atoms with Crippen LogP contribution in [-0.4, -0.2) is 58.9 Å². The van der Waals surface area contributed by atoms with Crippen molar-refractivity contribution in [3.8, 4) is 17.2 Å². The topological polar surface area (TPSA) is 125 Å².